The van der Waals surface area contributed by atoms with Crippen molar-refractivity contribution in [2.45, 2.75) is 52.6 Å². The number of aryl methyl sites for hydroxylation is 3. The Labute approximate surface area is 219 Å². The van der Waals surface area contributed by atoms with Crippen molar-refractivity contribution in [3.8, 4) is 0 Å². The highest BCUT2D eigenvalue weighted by Crippen LogP contribution is 2.19. The second-order valence-electron chi connectivity index (χ2n) is 9.72. The first kappa shape index (κ1) is 26.1. The summed E-state index contributed by atoms with van der Waals surface area (Å²) >= 11 is 0. The number of aromatic nitrogens is 2. The lowest BCUT2D eigenvalue weighted by molar-refractivity contribution is -0.131. The molecule has 0 spiro atoms. The van der Waals surface area contributed by atoms with Gasteiger partial charge in [0.15, 0.2) is 0 Å². The Morgan fingerprint density at radius 1 is 0.919 bits per heavy atom. The molecule has 0 aliphatic heterocycles. The van der Waals surface area contributed by atoms with Gasteiger partial charge in [-0.3, -0.25) is 9.59 Å². The van der Waals surface area contributed by atoms with Gasteiger partial charge in [0.05, 0.1) is 11.0 Å². The van der Waals surface area contributed by atoms with Gasteiger partial charge in [0, 0.05) is 32.1 Å². The van der Waals surface area contributed by atoms with Crippen molar-refractivity contribution in [1.82, 2.24) is 19.8 Å². The van der Waals surface area contributed by atoms with Crippen LogP contribution in [0.15, 0.2) is 72.8 Å². The van der Waals surface area contributed by atoms with E-state index < -0.39 is 0 Å². The summed E-state index contributed by atoms with van der Waals surface area (Å²) in [5, 5.41) is 3.04. The summed E-state index contributed by atoms with van der Waals surface area (Å²) < 4.78 is 2.06. The molecule has 0 radical (unpaired) electrons. The van der Waals surface area contributed by atoms with E-state index in [-0.39, 0.29) is 18.4 Å². The molecule has 0 aliphatic carbocycles. The number of likely N-dealkylation sites (N-methyl/N-ethyl adjacent to an activating group) is 1. The van der Waals surface area contributed by atoms with Crippen molar-refractivity contribution in [2.24, 2.45) is 0 Å². The number of rotatable bonds is 11. The number of hydrogen-bond acceptors (Lipinski definition) is 3. The van der Waals surface area contributed by atoms with Crippen LogP contribution in [0.25, 0.3) is 11.0 Å². The van der Waals surface area contributed by atoms with Gasteiger partial charge >= 0.3 is 0 Å². The molecule has 37 heavy (non-hydrogen) atoms. The van der Waals surface area contributed by atoms with Crippen LogP contribution >= 0.6 is 0 Å². The van der Waals surface area contributed by atoms with E-state index in [1.54, 1.807) is 4.90 Å². The third kappa shape index (κ3) is 6.85. The zero-order valence-electron chi connectivity index (χ0n) is 22.0. The van der Waals surface area contributed by atoms with Gasteiger partial charge in [-0.15, -0.1) is 0 Å². The molecule has 6 heteroatoms. The Bertz CT molecular complexity index is 1360. The predicted octanol–water partition coefficient (Wildman–Crippen LogP) is 5.45. The van der Waals surface area contributed by atoms with Crippen LogP contribution < -0.4 is 5.32 Å². The maximum atomic E-state index is 13.1. The van der Waals surface area contributed by atoms with Crippen molar-refractivity contribution in [3.63, 3.8) is 0 Å². The zero-order valence-corrected chi connectivity index (χ0v) is 22.0. The van der Waals surface area contributed by atoms with Crippen molar-refractivity contribution >= 4 is 22.8 Å². The van der Waals surface area contributed by atoms with Crippen LogP contribution in [0, 0.1) is 13.8 Å². The smallest absolute Gasteiger partial charge is 0.251 e. The molecule has 1 aromatic heterocycles. The average molecular weight is 497 g/mol. The quantitative estimate of drug-likeness (QED) is 0.281. The van der Waals surface area contributed by atoms with E-state index in [1.165, 1.54) is 0 Å². The normalized spacial score (nSPS) is 11.0. The molecule has 0 saturated heterocycles. The van der Waals surface area contributed by atoms with Gasteiger partial charge in [-0.05, 0) is 56.0 Å². The van der Waals surface area contributed by atoms with Gasteiger partial charge in [0.1, 0.15) is 12.4 Å². The molecule has 192 valence electrons. The molecule has 4 aromatic rings. The highest BCUT2D eigenvalue weighted by Gasteiger charge is 2.16. The molecule has 1 heterocycles. The first-order valence-electron chi connectivity index (χ1n) is 13.0. The lowest BCUT2D eigenvalue weighted by Gasteiger charge is -2.19. The number of para-hydroxylation sites is 2. The second-order valence-corrected chi connectivity index (χ2v) is 9.72. The highest BCUT2D eigenvalue weighted by molar-refractivity contribution is 5.95. The van der Waals surface area contributed by atoms with Crippen LogP contribution in [0.1, 0.15) is 52.1 Å². The number of carbonyl (C=O) groups is 2. The average Bonchev–Trinajstić information content (AvgIpc) is 3.23. The SMILES string of the molecule is Cc1ccc(C(=O)NCCCCCc2nc3ccccc3n2CC(=O)N(C)Cc2ccccc2)c(C)c1. The van der Waals surface area contributed by atoms with Crippen LogP contribution in [-0.4, -0.2) is 39.9 Å². The number of nitrogens with one attached hydrogen (secondary N) is 1. The molecule has 6 nitrogen and oxygen atoms in total. The number of benzene rings is 3. The number of imidazole rings is 1. The number of unbranched alkanes of at least 4 members (excludes halogenated alkanes) is 2. The first-order valence-corrected chi connectivity index (χ1v) is 13.0. The topological polar surface area (TPSA) is 67.2 Å². The number of amides is 2. The van der Waals surface area contributed by atoms with E-state index in [0.29, 0.717) is 13.1 Å². The predicted molar refractivity (Wildman–Crippen MR) is 148 cm³/mol. The minimum Gasteiger partial charge on any atom is -0.352 e. The number of hydrogen-bond donors (Lipinski definition) is 1. The lowest BCUT2D eigenvalue weighted by atomic mass is 10.1. The van der Waals surface area contributed by atoms with E-state index in [4.69, 9.17) is 4.98 Å². The fourth-order valence-corrected chi connectivity index (χ4v) is 4.64. The number of carbonyl (C=O) groups excluding carboxylic acids is 2. The molecule has 1 N–H and O–H groups in total. The van der Waals surface area contributed by atoms with Crippen LogP contribution in [0.4, 0.5) is 0 Å². The molecular weight excluding hydrogens is 460 g/mol. The summed E-state index contributed by atoms with van der Waals surface area (Å²) in [4.78, 5) is 32.2. The lowest BCUT2D eigenvalue weighted by Crippen LogP contribution is -2.30. The largest absolute Gasteiger partial charge is 0.352 e. The van der Waals surface area contributed by atoms with Crippen molar-refractivity contribution in [1.29, 1.82) is 0 Å². The second kappa shape index (κ2) is 12.3. The monoisotopic (exact) mass is 496 g/mol. The zero-order chi connectivity index (χ0) is 26.2. The Balaban J connectivity index is 1.31. The van der Waals surface area contributed by atoms with Crippen LogP contribution in [0.2, 0.25) is 0 Å². The van der Waals surface area contributed by atoms with E-state index in [1.807, 2.05) is 93.7 Å². The van der Waals surface area contributed by atoms with Crippen molar-refractivity contribution in [2.75, 3.05) is 13.6 Å². The fourth-order valence-electron chi connectivity index (χ4n) is 4.64. The van der Waals surface area contributed by atoms with Gasteiger partial charge < -0.3 is 14.8 Å². The first-order chi connectivity index (χ1) is 17.9. The third-order valence-electron chi connectivity index (χ3n) is 6.70. The Hall–Kier alpha value is -3.93. The molecule has 2 amide bonds. The molecule has 0 fully saturated rings. The number of nitrogens with zero attached hydrogens (tertiary/aromatic N) is 3. The summed E-state index contributed by atoms with van der Waals surface area (Å²) in [6, 6.07) is 23.9. The minimum absolute atomic E-state index is 0.0163. The van der Waals surface area contributed by atoms with Gasteiger partial charge in [-0.25, -0.2) is 4.98 Å². The Morgan fingerprint density at radius 3 is 2.46 bits per heavy atom. The third-order valence-corrected chi connectivity index (χ3v) is 6.70. The van der Waals surface area contributed by atoms with Gasteiger partial charge in [-0.2, -0.15) is 0 Å². The van der Waals surface area contributed by atoms with Crippen LogP contribution in [0.5, 0.6) is 0 Å². The van der Waals surface area contributed by atoms with Crippen molar-refractivity contribution in [3.05, 3.63) is 101 Å². The minimum atomic E-state index is -0.0163. The molecule has 4 rings (SSSR count). The Morgan fingerprint density at radius 2 is 1.68 bits per heavy atom. The van der Waals surface area contributed by atoms with Crippen molar-refractivity contribution < 1.29 is 9.59 Å². The Kier molecular flexibility index (Phi) is 8.72. The summed E-state index contributed by atoms with van der Waals surface area (Å²) in [6.07, 6.45) is 3.60. The molecule has 0 unspecified atom stereocenters. The summed E-state index contributed by atoms with van der Waals surface area (Å²) in [5.41, 5.74) is 5.90. The molecule has 0 bridgehead atoms. The van der Waals surface area contributed by atoms with E-state index in [0.717, 1.165) is 64.8 Å². The van der Waals surface area contributed by atoms with Crippen LogP contribution in [-0.2, 0) is 24.3 Å². The summed E-state index contributed by atoms with van der Waals surface area (Å²) in [7, 11) is 1.85. The summed E-state index contributed by atoms with van der Waals surface area (Å²) in [6.45, 7) is 5.49. The number of fused-ring (bicyclic) bond motifs is 1. The van der Waals surface area contributed by atoms with Gasteiger partial charge in [0.25, 0.3) is 5.91 Å². The standard InChI is InChI=1S/C31H36N4O2/c1-23-17-18-26(24(2)20-23)31(37)32-19-11-5-8-16-29-33-27-14-9-10-15-28(27)35(29)22-30(36)34(3)21-25-12-6-4-7-13-25/h4,6-7,9-10,12-15,17-18,20H,5,8,11,16,19,21-22H2,1-3H3,(H,32,37). The fraction of sp³-hybridized carbons (Fsp3) is 0.323. The molecular formula is C31H36N4O2. The highest BCUT2D eigenvalue weighted by atomic mass is 16.2. The molecule has 0 saturated carbocycles. The molecule has 0 aliphatic rings. The van der Waals surface area contributed by atoms with Crippen LogP contribution in [0.3, 0.4) is 0 Å². The van der Waals surface area contributed by atoms with E-state index in [9.17, 15) is 9.59 Å². The van der Waals surface area contributed by atoms with E-state index in [2.05, 4.69) is 9.88 Å². The summed E-state index contributed by atoms with van der Waals surface area (Å²) in [5.74, 6) is 0.974. The maximum Gasteiger partial charge on any atom is 0.251 e. The molecule has 0 atom stereocenters. The molecule has 3 aromatic carbocycles. The van der Waals surface area contributed by atoms with Gasteiger partial charge in [0.2, 0.25) is 5.91 Å². The van der Waals surface area contributed by atoms with Gasteiger partial charge in [-0.1, -0.05) is 66.6 Å². The maximum absolute atomic E-state index is 13.1. The van der Waals surface area contributed by atoms with E-state index >= 15 is 0 Å².